The SMILES string of the molecule is CCn1nccc1CNCc1ccccc1CN1CCC(O)CC1. The van der Waals surface area contributed by atoms with Crippen molar-refractivity contribution in [3.05, 3.63) is 53.3 Å². The van der Waals surface area contributed by atoms with Crippen LogP contribution in [0.15, 0.2) is 36.5 Å². The highest BCUT2D eigenvalue weighted by atomic mass is 16.3. The molecule has 2 aromatic rings. The topological polar surface area (TPSA) is 53.3 Å². The van der Waals surface area contributed by atoms with Crippen LogP contribution >= 0.6 is 0 Å². The summed E-state index contributed by atoms with van der Waals surface area (Å²) in [5.74, 6) is 0. The first-order valence-electron chi connectivity index (χ1n) is 8.95. The van der Waals surface area contributed by atoms with Gasteiger partial charge in [-0.2, -0.15) is 5.10 Å². The molecule has 24 heavy (non-hydrogen) atoms. The number of aliphatic hydroxyl groups is 1. The minimum absolute atomic E-state index is 0.110. The molecule has 1 saturated heterocycles. The Morgan fingerprint density at radius 1 is 1.12 bits per heavy atom. The number of likely N-dealkylation sites (tertiary alicyclic amines) is 1. The predicted octanol–water partition coefficient (Wildman–Crippen LogP) is 2.15. The fraction of sp³-hybridized carbons (Fsp3) is 0.526. The van der Waals surface area contributed by atoms with Crippen molar-refractivity contribution in [1.82, 2.24) is 20.0 Å². The molecular weight excluding hydrogens is 300 g/mol. The Morgan fingerprint density at radius 3 is 2.62 bits per heavy atom. The smallest absolute Gasteiger partial charge is 0.0564 e. The molecule has 1 aliphatic rings. The first-order valence-corrected chi connectivity index (χ1v) is 8.95. The Hall–Kier alpha value is -1.69. The van der Waals surface area contributed by atoms with E-state index in [0.29, 0.717) is 0 Å². The molecule has 5 heteroatoms. The molecule has 1 aromatic carbocycles. The van der Waals surface area contributed by atoms with Gasteiger partial charge in [-0.25, -0.2) is 0 Å². The molecule has 2 heterocycles. The number of hydrogen-bond donors (Lipinski definition) is 2. The van der Waals surface area contributed by atoms with Gasteiger partial charge < -0.3 is 10.4 Å². The molecule has 0 unspecified atom stereocenters. The quantitative estimate of drug-likeness (QED) is 0.818. The Balaban J connectivity index is 1.56. The third-order valence-electron chi connectivity index (χ3n) is 4.80. The summed E-state index contributed by atoms with van der Waals surface area (Å²) in [7, 11) is 0. The highest BCUT2D eigenvalue weighted by Crippen LogP contribution is 2.16. The number of benzene rings is 1. The highest BCUT2D eigenvalue weighted by molar-refractivity contribution is 5.27. The molecular formula is C19H28N4O. The molecule has 1 fully saturated rings. The van der Waals surface area contributed by atoms with E-state index >= 15 is 0 Å². The molecule has 0 spiro atoms. The van der Waals surface area contributed by atoms with Crippen LogP contribution in [0.4, 0.5) is 0 Å². The molecule has 0 saturated carbocycles. The molecule has 5 nitrogen and oxygen atoms in total. The van der Waals surface area contributed by atoms with E-state index < -0.39 is 0 Å². The van der Waals surface area contributed by atoms with Crippen molar-refractivity contribution >= 4 is 0 Å². The summed E-state index contributed by atoms with van der Waals surface area (Å²) in [6.45, 7) is 7.65. The second kappa shape index (κ2) is 8.42. The zero-order chi connectivity index (χ0) is 16.8. The van der Waals surface area contributed by atoms with E-state index in [-0.39, 0.29) is 6.10 Å². The van der Waals surface area contributed by atoms with Gasteiger partial charge in [-0.3, -0.25) is 9.58 Å². The maximum absolute atomic E-state index is 9.65. The summed E-state index contributed by atoms with van der Waals surface area (Å²) in [5.41, 5.74) is 3.96. The Labute approximate surface area is 144 Å². The number of aliphatic hydroxyl groups excluding tert-OH is 1. The first-order chi connectivity index (χ1) is 11.8. The molecule has 130 valence electrons. The average Bonchev–Trinajstić information content (AvgIpc) is 3.06. The van der Waals surface area contributed by atoms with Crippen LogP contribution in [0.3, 0.4) is 0 Å². The van der Waals surface area contributed by atoms with Crippen LogP contribution in [0.25, 0.3) is 0 Å². The second-order valence-corrected chi connectivity index (χ2v) is 6.52. The second-order valence-electron chi connectivity index (χ2n) is 6.52. The summed E-state index contributed by atoms with van der Waals surface area (Å²) < 4.78 is 2.03. The minimum atomic E-state index is -0.110. The van der Waals surface area contributed by atoms with Crippen molar-refractivity contribution in [3.8, 4) is 0 Å². The molecule has 1 aliphatic heterocycles. The minimum Gasteiger partial charge on any atom is -0.393 e. The largest absolute Gasteiger partial charge is 0.393 e. The predicted molar refractivity (Wildman–Crippen MR) is 95.4 cm³/mol. The van der Waals surface area contributed by atoms with Crippen LogP contribution in [0.1, 0.15) is 36.6 Å². The van der Waals surface area contributed by atoms with Crippen LogP contribution in [0.5, 0.6) is 0 Å². The first kappa shape index (κ1) is 17.1. The molecule has 0 amide bonds. The van der Waals surface area contributed by atoms with Crippen molar-refractivity contribution in [2.45, 2.75) is 52.0 Å². The van der Waals surface area contributed by atoms with Crippen LogP contribution in [-0.2, 0) is 26.2 Å². The monoisotopic (exact) mass is 328 g/mol. The molecule has 0 radical (unpaired) electrons. The molecule has 0 atom stereocenters. The van der Waals surface area contributed by atoms with Gasteiger partial charge in [-0.05, 0) is 37.0 Å². The lowest BCUT2D eigenvalue weighted by Gasteiger charge is -2.30. The number of aromatic nitrogens is 2. The van der Waals surface area contributed by atoms with Crippen molar-refractivity contribution in [1.29, 1.82) is 0 Å². The summed E-state index contributed by atoms with van der Waals surface area (Å²) in [5, 5.41) is 17.5. The third-order valence-corrected chi connectivity index (χ3v) is 4.80. The lowest BCUT2D eigenvalue weighted by Crippen LogP contribution is -2.35. The number of nitrogens with zero attached hydrogens (tertiary/aromatic N) is 3. The fourth-order valence-corrected chi connectivity index (χ4v) is 3.32. The Morgan fingerprint density at radius 2 is 1.88 bits per heavy atom. The van der Waals surface area contributed by atoms with Crippen molar-refractivity contribution in [2.75, 3.05) is 13.1 Å². The van der Waals surface area contributed by atoms with Gasteiger partial charge >= 0.3 is 0 Å². The molecule has 3 rings (SSSR count). The summed E-state index contributed by atoms with van der Waals surface area (Å²) in [6, 6.07) is 10.7. The maximum atomic E-state index is 9.65. The van der Waals surface area contributed by atoms with Gasteiger partial charge in [-0.15, -0.1) is 0 Å². The number of aryl methyl sites for hydroxylation is 1. The average molecular weight is 328 g/mol. The lowest BCUT2D eigenvalue weighted by molar-refractivity contribution is 0.0791. The zero-order valence-corrected chi connectivity index (χ0v) is 14.5. The number of piperidine rings is 1. The maximum Gasteiger partial charge on any atom is 0.0564 e. The molecule has 2 N–H and O–H groups in total. The normalized spacial score (nSPS) is 16.6. The summed E-state index contributed by atoms with van der Waals surface area (Å²) in [6.07, 6.45) is 3.53. The zero-order valence-electron chi connectivity index (χ0n) is 14.5. The number of rotatable bonds is 7. The highest BCUT2D eigenvalue weighted by Gasteiger charge is 2.17. The van der Waals surface area contributed by atoms with E-state index in [0.717, 1.165) is 52.1 Å². The van der Waals surface area contributed by atoms with Gasteiger partial charge in [0.1, 0.15) is 0 Å². The van der Waals surface area contributed by atoms with E-state index in [4.69, 9.17) is 0 Å². The third kappa shape index (κ3) is 4.44. The van der Waals surface area contributed by atoms with Gasteiger partial charge in [0.25, 0.3) is 0 Å². The summed E-state index contributed by atoms with van der Waals surface area (Å²) in [4.78, 5) is 2.44. The Bertz CT molecular complexity index is 632. The molecule has 0 aliphatic carbocycles. The molecule has 1 aromatic heterocycles. The standard InChI is InChI=1S/C19H28N4O/c1-2-23-18(7-10-21-23)14-20-13-16-5-3-4-6-17(16)15-22-11-8-19(24)9-12-22/h3-7,10,19-20,24H,2,8-9,11-15H2,1H3. The number of hydrogen-bond acceptors (Lipinski definition) is 4. The summed E-state index contributed by atoms with van der Waals surface area (Å²) >= 11 is 0. The van der Waals surface area contributed by atoms with E-state index in [1.165, 1.54) is 16.8 Å². The van der Waals surface area contributed by atoms with Crippen molar-refractivity contribution in [2.24, 2.45) is 0 Å². The van der Waals surface area contributed by atoms with Crippen LogP contribution in [0.2, 0.25) is 0 Å². The fourth-order valence-electron chi connectivity index (χ4n) is 3.32. The van der Waals surface area contributed by atoms with Gasteiger partial charge in [0.05, 0.1) is 11.8 Å². The van der Waals surface area contributed by atoms with E-state index in [2.05, 4.69) is 52.6 Å². The van der Waals surface area contributed by atoms with E-state index in [1.54, 1.807) is 0 Å². The van der Waals surface area contributed by atoms with Gasteiger partial charge in [0.2, 0.25) is 0 Å². The number of nitrogens with one attached hydrogen (secondary N) is 1. The van der Waals surface area contributed by atoms with Gasteiger partial charge in [-0.1, -0.05) is 24.3 Å². The van der Waals surface area contributed by atoms with Crippen molar-refractivity contribution in [3.63, 3.8) is 0 Å². The van der Waals surface area contributed by atoms with Crippen molar-refractivity contribution < 1.29 is 5.11 Å². The van der Waals surface area contributed by atoms with E-state index in [1.807, 2.05) is 10.9 Å². The van der Waals surface area contributed by atoms with Crippen LogP contribution in [-0.4, -0.2) is 39.0 Å². The lowest BCUT2D eigenvalue weighted by atomic mass is 10.0. The van der Waals surface area contributed by atoms with Crippen LogP contribution in [0, 0.1) is 0 Å². The van der Waals surface area contributed by atoms with Gasteiger partial charge in [0, 0.05) is 45.5 Å². The molecule has 0 bridgehead atoms. The Kier molecular flexibility index (Phi) is 6.01. The van der Waals surface area contributed by atoms with Gasteiger partial charge in [0.15, 0.2) is 0 Å². The van der Waals surface area contributed by atoms with Crippen LogP contribution < -0.4 is 5.32 Å². The van der Waals surface area contributed by atoms with E-state index in [9.17, 15) is 5.11 Å².